The predicted molar refractivity (Wildman–Crippen MR) is 74.1 cm³/mol. The standard InChI is InChI=1S/C13H18N4O2/c1-8-7-19-10(6-18)5-17(8)13-3-12-9(2-11(13)14)4-15-16-12/h2-4,8,10,18H,5-7,14H2,1H3,(H,15,16). The molecule has 0 aliphatic carbocycles. The summed E-state index contributed by atoms with van der Waals surface area (Å²) in [6.07, 6.45) is 1.60. The van der Waals surface area contributed by atoms with Crippen molar-refractivity contribution in [1.29, 1.82) is 0 Å². The van der Waals surface area contributed by atoms with Gasteiger partial charge in [-0.25, -0.2) is 0 Å². The summed E-state index contributed by atoms with van der Waals surface area (Å²) in [6.45, 7) is 3.34. The summed E-state index contributed by atoms with van der Waals surface area (Å²) in [7, 11) is 0. The minimum atomic E-state index is -0.159. The molecule has 4 N–H and O–H groups in total. The van der Waals surface area contributed by atoms with Crippen molar-refractivity contribution >= 4 is 22.3 Å². The van der Waals surface area contributed by atoms with E-state index in [1.165, 1.54) is 0 Å². The number of H-pyrrole nitrogens is 1. The minimum Gasteiger partial charge on any atom is -0.397 e. The lowest BCUT2D eigenvalue weighted by Crippen LogP contribution is -2.49. The molecule has 1 aromatic carbocycles. The smallest absolute Gasteiger partial charge is 0.0981 e. The van der Waals surface area contributed by atoms with E-state index < -0.39 is 0 Å². The summed E-state index contributed by atoms with van der Waals surface area (Å²) in [6, 6.07) is 4.16. The number of aromatic amines is 1. The average molecular weight is 262 g/mol. The van der Waals surface area contributed by atoms with Crippen molar-refractivity contribution in [3.8, 4) is 0 Å². The molecule has 0 spiro atoms. The van der Waals surface area contributed by atoms with E-state index in [-0.39, 0.29) is 18.8 Å². The number of fused-ring (bicyclic) bond motifs is 1. The molecular weight excluding hydrogens is 244 g/mol. The van der Waals surface area contributed by atoms with Crippen LogP contribution < -0.4 is 10.6 Å². The molecule has 2 atom stereocenters. The second-order valence-electron chi connectivity index (χ2n) is 5.01. The van der Waals surface area contributed by atoms with Gasteiger partial charge in [-0.2, -0.15) is 5.10 Å². The van der Waals surface area contributed by atoms with Crippen LogP contribution in [0, 0.1) is 0 Å². The Hall–Kier alpha value is -1.79. The molecule has 3 rings (SSSR count). The van der Waals surface area contributed by atoms with Crippen molar-refractivity contribution in [2.24, 2.45) is 0 Å². The van der Waals surface area contributed by atoms with Crippen LogP contribution in [0.1, 0.15) is 6.92 Å². The lowest BCUT2D eigenvalue weighted by molar-refractivity contribution is -0.0102. The first kappa shape index (κ1) is 12.3. The number of rotatable bonds is 2. The van der Waals surface area contributed by atoms with E-state index >= 15 is 0 Å². The molecule has 2 unspecified atom stereocenters. The highest BCUT2D eigenvalue weighted by Gasteiger charge is 2.27. The van der Waals surface area contributed by atoms with E-state index in [0.717, 1.165) is 22.3 Å². The molecule has 0 radical (unpaired) electrons. The molecular formula is C13H18N4O2. The maximum Gasteiger partial charge on any atom is 0.0981 e. The van der Waals surface area contributed by atoms with Crippen LogP contribution in [0.25, 0.3) is 10.9 Å². The molecule has 0 amide bonds. The normalized spacial score (nSPS) is 24.0. The molecule has 1 saturated heterocycles. The van der Waals surface area contributed by atoms with Crippen molar-refractivity contribution in [1.82, 2.24) is 10.2 Å². The van der Waals surface area contributed by atoms with Gasteiger partial charge in [0.05, 0.1) is 42.4 Å². The van der Waals surface area contributed by atoms with Gasteiger partial charge in [0, 0.05) is 18.0 Å². The molecule has 0 bridgehead atoms. The third kappa shape index (κ3) is 2.13. The molecule has 19 heavy (non-hydrogen) atoms. The number of hydrogen-bond acceptors (Lipinski definition) is 5. The average Bonchev–Trinajstić information content (AvgIpc) is 2.85. The van der Waals surface area contributed by atoms with Crippen LogP contribution in [0.2, 0.25) is 0 Å². The number of ether oxygens (including phenoxy) is 1. The van der Waals surface area contributed by atoms with Gasteiger partial charge in [-0.05, 0) is 19.1 Å². The van der Waals surface area contributed by atoms with Gasteiger partial charge in [0.1, 0.15) is 0 Å². The molecule has 0 saturated carbocycles. The number of aliphatic hydroxyl groups excluding tert-OH is 1. The van der Waals surface area contributed by atoms with E-state index in [1.807, 2.05) is 12.1 Å². The first-order valence-corrected chi connectivity index (χ1v) is 6.40. The largest absolute Gasteiger partial charge is 0.397 e. The molecule has 1 aliphatic rings. The SMILES string of the molecule is CC1COC(CO)CN1c1cc2[nH]ncc2cc1N. The van der Waals surface area contributed by atoms with Crippen molar-refractivity contribution in [3.05, 3.63) is 18.3 Å². The number of morpholine rings is 1. The van der Waals surface area contributed by atoms with Gasteiger partial charge in [0.2, 0.25) is 0 Å². The Bertz CT molecular complexity index is 583. The van der Waals surface area contributed by atoms with E-state index in [1.54, 1.807) is 6.20 Å². The molecule has 2 aromatic rings. The third-order valence-electron chi connectivity index (χ3n) is 3.61. The molecule has 1 aromatic heterocycles. The maximum atomic E-state index is 9.25. The quantitative estimate of drug-likeness (QED) is 0.695. The Morgan fingerprint density at radius 3 is 3.21 bits per heavy atom. The number of aromatic nitrogens is 2. The second kappa shape index (κ2) is 4.71. The number of benzene rings is 1. The molecule has 6 heteroatoms. The Balaban J connectivity index is 1.99. The van der Waals surface area contributed by atoms with Crippen LogP contribution in [-0.4, -0.2) is 47.2 Å². The summed E-state index contributed by atoms with van der Waals surface area (Å²) in [4.78, 5) is 2.18. The number of nitrogens with one attached hydrogen (secondary N) is 1. The van der Waals surface area contributed by atoms with Gasteiger partial charge in [-0.15, -0.1) is 0 Å². The van der Waals surface area contributed by atoms with E-state index in [0.29, 0.717) is 13.2 Å². The monoisotopic (exact) mass is 262 g/mol. The van der Waals surface area contributed by atoms with Gasteiger partial charge < -0.3 is 20.5 Å². The van der Waals surface area contributed by atoms with Crippen molar-refractivity contribution < 1.29 is 9.84 Å². The summed E-state index contributed by atoms with van der Waals surface area (Å²) in [5.41, 5.74) is 8.79. The highest BCUT2D eigenvalue weighted by atomic mass is 16.5. The van der Waals surface area contributed by atoms with Crippen molar-refractivity contribution in [2.75, 3.05) is 30.4 Å². The maximum absolute atomic E-state index is 9.25. The molecule has 2 heterocycles. The highest BCUT2D eigenvalue weighted by Crippen LogP contribution is 2.31. The Kier molecular flexibility index (Phi) is 3.04. The first-order valence-electron chi connectivity index (χ1n) is 6.40. The number of nitrogens with zero attached hydrogens (tertiary/aromatic N) is 2. The van der Waals surface area contributed by atoms with Gasteiger partial charge >= 0.3 is 0 Å². The Morgan fingerprint density at radius 2 is 2.42 bits per heavy atom. The van der Waals surface area contributed by atoms with E-state index in [9.17, 15) is 5.11 Å². The van der Waals surface area contributed by atoms with Crippen molar-refractivity contribution in [3.63, 3.8) is 0 Å². The van der Waals surface area contributed by atoms with Crippen LogP contribution in [0.5, 0.6) is 0 Å². The number of aliphatic hydroxyl groups is 1. The number of nitrogen functional groups attached to an aromatic ring is 1. The zero-order valence-corrected chi connectivity index (χ0v) is 10.8. The summed E-state index contributed by atoms with van der Waals surface area (Å²) >= 11 is 0. The van der Waals surface area contributed by atoms with Gasteiger partial charge in [-0.3, -0.25) is 5.10 Å². The predicted octanol–water partition coefficient (Wildman–Crippen LogP) is 0.731. The zero-order valence-electron chi connectivity index (χ0n) is 10.8. The van der Waals surface area contributed by atoms with Crippen LogP contribution in [0.3, 0.4) is 0 Å². The summed E-state index contributed by atoms with van der Waals surface area (Å²) in [5.74, 6) is 0. The van der Waals surface area contributed by atoms with Crippen LogP contribution in [0.4, 0.5) is 11.4 Å². The number of anilines is 2. The Labute approximate surface area is 111 Å². The number of nitrogens with two attached hydrogens (primary N) is 1. The highest BCUT2D eigenvalue weighted by molar-refractivity contribution is 5.89. The van der Waals surface area contributed by atoms with E-state index in [2.05, 4.69) is 22.0 Å². The lowest BCUT2D eigenvalue weighted by atomic mass is 10.1. The fourth-order valence-corrected chi connectivity index (χ4v) is 2.51. The fourth-order valence-electron chi connectivity index (χ4n) is 2.51. The first-order chi connectivity index (χ1) is 9.19. The van der Waals surface area contributed by atoms with Gasteiger partial charge in [-0.1, -0.05) is 0 Å². The fraction of sp³-hybridized carbons (Fsp3) is 0.462. The van der Waals surface area contributed by atoms with Gasteiger partial charge in [0.15, 0.2) is 0 Å². The molecule has 1 aliphatic heterocycles. The second-order valence-corrected chi connectivity index (χ2v) is 5.01. The lowest BCUT2D eigenvalue weighted by Gasteiger charge is -2.39. The molecule has 6 nitrogen and oxygen atoms in total. The topological polar surface area (TPSA) is 87.4 Å². The molecule has 102 valence electrons. The van der Waals surface area contributed by atoms with Gasteiger partial charge in [0.25, 0.3) is 0 Å². The summed E-state index contributed by atoms with van der Waals surface area (Å²) in [5, 5.41) is 17.2. The molecule has 1 fully saturated rings. The van der Waals surface area contributed by atoms with Crippen LogP contribution in [0.15, 0.2) is 18.3 Å². The summed E-state index contributed by atoms with van der Waals surface area (Å²) < 4.78 is 5.55. The van der Waals surface area contributed by atoms with E-state index in [4.69, 9.17) is 10.5 Å². The minimum absolute atomic E-state index is 0.0232. The van der Waals surface area contributed by atoms with Crippen molar-refractivity contribution in [2.45, 2.75) is 19.1 Å². The zero-order chi connectivity index (χ0) is 13.4. The third-order valence-corrected chi connectivity index (χ3v) is 3.61. The number of hydrogen-bond donors (Lipinski definition) is 3. The van der Waals surface area contributed by atoms with Crippen LogP contribution >= 0.6 is 0 Å². The van der Waals surface area contributed by atoms with Crippen LogP contribution in [-0.2, 0) is 4.74 Å². The Morgan fingerprint density at radius 1 is 1.58 bits per heavy atom.